The van der Waals surface area contributed by atoms with E-state index in [2.05, 4.69) is 10.2 Å². The molecule has 3 rings (SSSR count). The monoisotopic (exact) mass is 410 g/mol. The second-order valence-electron chi connectivity index (χ2n) is 9.16. The highest BCUT2D eigenvalue weighted by molar-refractivity contribution is 5.68. The molecule has 2 atom stereocenters. The number of rotatable bonds is 5. The molecule has 0 radical (unpaired) electrons. The third kappa shape index (κ3) is 5.00. The third-order valence-corrected chi connectivity index (χ3v) is 5.79. The van der Waals surface area contributed by atoms with Crippen LogP contribution in [0.3, 0.4) is 0 Å². The number of halogens is 2. The van der Waals surface area contributed by atoms with Gasteiger partial charge in [-0.25, -0.2) is 13.6 Å². The molecule has 0 unspecified atom stereocenters. The maximum absolute atomic E-state index is 15.2. The second-order valence-corrected chi connectivity index (χ2v) is 9.16. The van der Waals surface area contributed by atoms with Crippen LogP contribution in [0.2, 0.25) is 0 Å². The van der Waals surface area contributed by atoms with Gasteiger partial charge in [0.1, 0.15) is 11.8 Å². The number of alkyl carbamates (subject to hydrolysis) is 1. The topological polar surface area (TPSA) is 50.8 Å². The summed E-state index contributed by atoms with van der Waals surface area (Å²) in [6.45, 7) is 8.41. The first-order chi connectivity index (χ1) is 13.6. The molecule has 0 spiro atoms. The van der Waals surface area contributed by atoms with E-state index in [1.165, 1.54) is 7.11 Å². The highest BCUT2D eigenvalue weighted by Crippen LogP contribution is 2.44. The molecule has 7 heteroatoms. The first kappa shape index (κ1) is 21.8. The van der Waals surface area contributed by atoms with Gasteiger partial charge in [0.05, 0.1) is 13.2 Å². The molecule has 1 heterocycles. The van der Waals surface area contributed by atoms with Crippen molar-refractivity contribution < 1.29 is 23.0 Å². The van der Waals surface area contributed by atoms with Crippen LogP contribution in [-0.2, 0) is 4.74 Å². The second kappa shape index (κ2) is 8.46. The minimum Gasteiger partial charge on any atom is -0.493 e. The van der Waals surface area contributed by atoms with E-state index >= 15 is 4.39 Å². The predicted octanol–water partition coefficient (Wildman–Crippen LogP) is 4.71. The lowest BCUT2D eigenvalue weighted by atomic mass is 9.74. The summed E-state index contributed by atoms with van der Waals surface area (Å²) in [6.07, 6.45) is 0.968. The Morgan fingerprint density at radius 2 is 2.00 bits per heavy atom. The summed E-state index contributed by atoms with van der Waals surface area (Å²) in [7, 11) is 1.43. The quantitative estimate of drug-likeness (QED) is 0.764. The summed E-state index contributed by atoms with van der Waals surface area (Å²) in [5.74, 6) is -0.119. The Kier molecular flexibility index (Phi) is 6.36. The van der Waals surface area contributed by atoms with Gasteiger partial charge in [-0.15, -0.1) is 0 Å². The number of hydrogen-bond acceptors (Lipinski definition) is 4. The molecular weight excluding hydrogens is 378 g/mol. The molecule has 2 fully saturated rings. The van der Waals surface area contributed by atoms with E-state index in [4.69, 9.17) is 9.47 Å². The number of carbonyl (C=O) groups is 1. The molecule has 0 aromatic heterocycles. The lowest BCUT2D eigenvalue weighted by Gasteiger charge is -2.41. The van der Waals surface area contributed by atoms with Crippen LogP contribution in [0, 0.1) is 5.82 Å². The standard InChI is InChI=1S/C22H32F2N2O3/c1-13(25-21(27)29-22(2,3)4)17-6-7-18(19(24)20(17)28-5)14-10-16(11-14)26-9-8-15(23)12-26/h6-7,13-16H,8-12H2,1-5H3,(H,25,27)/t13-,14?,15+,16?/m0/s1. The van der Waals surface area contributed by atoms with Gasteiger partial charge in [0.2, 0.25) is 0 Å². The van der Waals surface area contributed by atoms with E-state index in [1.54, 1.807) is 39.8 Å². The van der Waals surface area contributed by atoms with E-state index in [1.807, 2.05) is 0 Å². The SMILES string of the molecule is COc1c([C@H](C)NC(=O)OC(C)(C)C)ccc(C2CC(N3CC[C@@H](F)C3)C2)c1F. The molecule has 0 bridgehead atoms. The number of alkyl halides is 1. The van der Waals surface area contributed by atoms with Gasteiger partial charge < -0.3 is 14.8 Å². The van der Waals surface area contributed by atoms with Gasteiger partial charge in [-0.3, -0.25) is 4.90 Å². The molecule has 2 aliphatic rings. The number of carbonyl (C=O) groups excluding carboxylic acids is 1. The number of ether oxygens (including phenoxy) is 2. The fourth-order valence-electron chi connectivity index (χ4n) is 4.23. The Bertz CT molecular complexity index is 744. The van der Waals surface area contributed by atoms with Crippen molar-refractivity contribution in [1.82, 2.24) is 10.2 Å². The molecule has 1 amide bonds. The van der Waals surface area contributed by atoms with Crippen molar-refractivity contribution in [3.05, 3.63) is 29.1 Å². The molecule has 1 aliphatic carbocycles. The average Bonchev–Trinajstić information content (AvgIpc) is 2.98. The number of amides is 1. The van der Waals surface area contributed by atoms with Crippen molar-refractivity contribution in [2.75, 3.05) is 20.2 Å². The maximum Gasteiger partial charge on any atom is 0.408 e. The first-order valence-corrected chi connectivity index (χ1v) is 10.3. The molecule has 1 aromatic carbocycles. The van der Waals surface area contributed by atoms with Crippen LogP contribution < -0.4 is 10.1 Å². The highest BCUT2D eigenvalue weighted by atomic mass is 19.1. The van der Waals surface area contributed by atoms with E-state index in [9.17, 15) is 9.18 Å². The van der Waals surface area contributed by atoms with E-state index in [0.717, 1.165) is 19.4 Å². The zero-order valence-corrected chi connectivity index (χ0v) is 17.9. The summed E-state index contributed by atoms with van der Waals surface area (Å²) in [6, 6.07) is 3.45. The Balaban J connectivity index is 1.67. The minimum absolute atomic E-state index is 0.107. The van der Waals surface area contributed by atoms with Crippen molar-refractivity contribution in [3.63, 3.8) is 0 Å². The Morgan fingerprint density at radius 1 is 1.31 bits per heavy atom. The first-order valence-electron chi connectivity index (χ1n) is 10.3. The molecular formula is C22H32F2N2O3. The van der Waals surface area contributed by atoms with Gasteiger partial charge in [0, 0.05) is 24.7 Å². The zero-order valence-electron chi connectivity index (χ0n) is 17.9. The largest absolute Gasteiger partial charge is 0.493 e. The molecule has 1 saturated heterocycles. The normalized spacial score (nSPS) is 26.0. The predicted molar refractivity (Wildman–Crippen MR) is 108 cm³/mol. The number of nitrogens with one attached hydrogen (secondary N) is 1. The lowest BCUT2D eigenvalue weighted by molar-refractivity contribution is 0.0507. The van der Waals surface area contributed by atoms with Crippen LogP contribution >= 0.6 is 0 Å². The summed E-state index contributed by atoms with van der Waals surface area (Å²) < 4.78 is 39.2. The summed E-state index contributed by atoms with van der Waals surface area (Å²) in [4.78, 5) is 14.2. The number of likely N-dealkylation sites (tertiary alicyclic amines) is 1. The molecule has 1 saturated carbocycles. The van der Waals surface area contributed by atoms with Gasteiger partial charge >= 0.3 is 6.09 Å². The number of hydrogen-bond donors (Lipinski definition) is 1. The van der Waals surface area contributed by atoms with Crippen molar-refractivity contribution in [2.45, 2.75) is 76.7 Å². The third-order valence-electron chi connectivity index (χ3n) is 5.79. The fraction of sp³-hybridized carbons (Fsp3) is 0.682. The Hall–Kier alpha value is -1.89. The summed E-state index contributed by atoms with van der Waals surface area (Å²) in [5, 5.41) is 2.73. The van der Waals surface area contributed by atoms with Crippen molar-refractivity contribution in [2.24, 2.45) is 0 Å². The molecule has 162 valence electrons. The maximum atomic E-state index is 15.2. The smallest absolute Gasteiger partial charge is 0.408 e. The summed E-state index contributed by atoms with van der Waals surface area (Å²) in [5.41, 5.74) is 0.582. The van der Waals surface area contributed by atoms with Crippen LogP contribution in [-0.4, -0.2) is 49.0 Å². The van der Waals surface area contributed by atoms with Crippen molar-refractivity contribution >= 4 is 6.09 Å². The molecule has 29 heavy (non-hydrogen) atoms. The van der Waals surface area contributed by atoms with Crippen LogP contribution in [0.15, 0.2) is 12.1 Å². The molecule has 1 aliphatic heterocycles. The van der Waals surface area contributed by atoms with Crippen LogP contribution in [0.1, 0.15) is 70.0 Å². The molecule has 1 N–H and O–H groups in total. The van der Waals surface area contributed by atoms with Crippen LogP contribution in [0.4, 0.5) is 13.6 Å². The average molecular weight is 411 g/mol. The van der Waals surface area contributed by atoms with Crippen LogP contribution in [0.5, 0.6) is 5.75 Å². The minimum atomic E-state index is -0.732. The number of methoxy groups -OCH3 is 1. The Labute approximate surface area is 171 Å². The van der Waals surface area contributed by atoms with Gasteiger partial charge in [-0.05, 0) is 58.4 Å². The number of nitrogens with zero attached hydrogens (tertiary/aromatic N) is 1. The van der Waals surface area contributed by atoms with E-state index in [0.29, 0.717) is 30.1 Å². The van der Waals surface area contributed by atoms with Gasteiger partial charge in [0.15, 0.2) is 11.6 Å². The van der Waals surface area contributed by atoms with E-state index < -0.39 is 23.9 Å². The zero-order chi connectivity index (χ0) is 21.3. The van der Waals surface area contributed by atoms with Crippen molar-refractivity contribution in [3.8, 4) is 5.75 Å². The summed E-state index contributed by atoms with van der Waals surface area (Å²) >= 11 is 0. The van der Waals surface area contributed by atoms with Crippen molar-refractivity contribution in [1.29, 1.82) is 0 Å². The van der Waals surface area contributed by atoms with E-state index in [-0.39, 0.29) is 17.5 Å². The molecule has 5 nitrogen and oxygen atoms in total. The van der Waals surface area contributed by atoms with Gasteiger partial charge in [0.25, 0.3) is 0 Å². The fourth-order valence-corrected chi connectivity index (χ4v) is 4.23. The van der Waals surface area contributed by atoms with Gasteiger partial charge in [-0.2, -0.15) is 0 Å². The highest BCUT2D eigenvalue weighted by Gasteiger charge is 2.39. The Morgan fingerprint density at radius 3 is 2.55 bits per heavy atom. The van der Waals surface area contributed by atoms with Crippen LogP contribution in [0.25, 0.3) is 0 Å². The number of benzene rings is 1. The lowest BCUT2D eigenvalue weighted by Crippen LogP contribution is -2.42. The van der Waals surface area contributed by atoms with Gasteiger partial charge in [-0.1, -0.05) is 12.1 Å². The molecule has 1 aromatic rings.